The van der Waals surface area contributed by atoms with Crippen molar-refractivity contribution in [2.45, 2.75) is 44.1 Å². The van der Waals surface area contributed by atoms with E-state index in [0.717, 1.165) is 24.8 Å². The molecule has 2 aromatic rings. The topological polar surface area (TPSA) is 20.2 Å². The lowest BCUT2D eigenvalue weighted by Crippen LogP contribution is -2.42. The summed E-state index contributed by atoms with van der Waals surface area (Å²) >= 11 is 0. The van der Waals surface area contributed by atoms with Crippen molar-refractivity contribution in [3.63, 3.8) is 0 Å². The number of hydrogen-bond acceptors (Lipinski definition) is 1. The maximum absolute atomic E-state index is 11.8. The van der Waals surface area contributed by atoms with Crippen molar-refractivity contribution in [3.8, 4) is 0 Å². The van der Waals surface area contributed by atoms with Gasteiger partial charge in [0.05, 0.1) is 5.60 Å². The van der Waals surface area contributed by atoms with Crippen LogP contribution in [0.1, 0.15) is 47.4 Å². The monoisotopic (exact) mass is 332 g/mol. The van der Waals surface area contributed by atoms with Gasteiger partial charge in [-0.1, -0.05) is 66.2 Å². The molecule has 1 heteroatoms. The first-order chi connectivity index (χ1) is 12.1. The van der Waals surface area contributed by atoms with Crippen LogP contribution in [0.25, 0.3) is 0 Å². The Labute approximate surface area is 151 Å². The van der Waals surface area contributed by atoms with Gasteiger partial charge >= 0.3 is 0 Å². The summed E-state index contributed by atoms with van der Waals surface area (Å²) in [6.07, 6.45) is 7.28. The normalized spacial score (nSPS) is 23.5. The Balaban J connectivity index is 2.07. The largest absolute Gasteiger partial charge is 0.385 e. The molecular formula is C24H28O. The minimum Gasteiger partial charge on any atom is -0.385 e. The fourth-order valence-corrected chi connectivity index (χ4v) is 4.45. The lowest BCUT2D eigenvalue weighted by atomic mass is 9.63. The third-order valence-corrected chi connectivity index (χ3v) is 5.69. The number of benzene rings is 2. The van der Waals surface area contributed by atoms with Crippen molar-refractivity contribution in [3.05, 3.63) is 96.1 Å². The van der Waals surface area contributed by atoms with Crippen LogP contribution in [0.15, 0.2) is 73.8 Å². The standard InChI is InChI=1S/C24H28O/c1-4-8-21(19-13-11-18(3)12-14-19)23-16-15-20-9-6-7-10-22(20)24(23,25)17-5-2/h4-7,9-14,21,23,25H,1-2,8,15-17H2,3H3/t21-,23-,24-/m0/s1. The molecule has 25 heavy (non-hydrogen) atoms. The van der Waals surface area contributed by atoms with Crippen molar-refractivity contribution < 1.29 is 5.11 Å². The number of hydrogen-bond donors (Lipinski definition) is 1. The van der Waals surface area contributed by atoms with Crippen LogP contribution in [-0.4, -0.2) is 5.11 Å². The Hall–Kier alpha value is -2.12. The summed E-state index contributed by atoms with van der Waals surface area (Å²) < 4.78 is 0. The summed E-state index contributed by atoms with van der Waals surface area (Å²) in [7, 11) is 0. The van der Waals surface area contributed by atoms with Gasteiger partial charge in [0.2, 0.25) is 0 Å². The Kier molecular flexibility index (Phi) is 5.24. The highest BCUT2D eigenvalue weighted by Gasteiger charge is 2.45. The van der Waals surface area contributed by atoms with Gasteiger partial charge in [-0.25, -0.2) is 0 Å². The van der Waals surface area contributed by atoms with E-state index in [1.165, 1.54) is 16.7 Å². The Morgan fingerprint density at radius 2 is 1.84 bits per heavy atom. The summed E-state index contributed by atoms with van der Waals surface area (Å²) in [5.74, 6) is 0.414. The molecule has 0 fully saturated rings. The first kappa shape index (κ1) is 17.7. The van der Waals surface area contributed by atoms with E-state index in [4.69, 9.17) is 0 Å². The van der Waals surface area contributed by atoms with Crippen LogP contribution in [0.2, 0.25) is 0 Å². The summed E-state index contributed by atoms with van der Waals surface area (Å²) in [6, 6.07) is 17.1. The Bertz CT molecular complexity index is 743. The molecule has 0 aliphatic heterocycles. The lowest BCUT2D eigenvalue weighted by molar-refractivity contribution is -0.0439. The summed E-state index contributed by atoms with van der Waals surface area (Å²) in [5, 5.41) is 11.8. The zero-order valence-electron chi connectivity index (χ0n) is 15.1. The molecule has 1 aliphatic rings. The van der Waals surface area contributed by atoms with E-state index in [2.05, 4.69) is 62.5 Å². The second-order valence-corrected chi connectivity index (χ2v) is 7.26. The molecule has 1 N–H and O–H groups in total. The zero-order valence-corrected chi connectivity index (χ0v) is 15.1. The van der Waals surface area contributed by atoms with Crippen molar-refractivity contribution in [1.29, 1.82) is 0 Å². The molecule has 3 rings (SSSR count). The van der Waals surface area contributed by atoms with Gasteiger partial charge in [-0.05, 0) is 61.1 Å². The molecule has 0 spiro atoms. The molecule has 1 aliphatic carbocycles. The smallest absolute Gasteiger partial charge is 0.0967 e. The van der Waals surface area contributed by atoms with Crippen LogP contribution >= 0.6 is 0 Å². The van der Waals surface area contributed by atoms with Gasteiger partial charge in [-0.2, -0.15) is 0 Å². The van der Waals surface area contributed by atoms with E-state index in [0.29, 0.717) is 6.42 Å². The van der Waals surface area contributed by atoms with Gasteiger partial charge < -0.3 is 5.11 Å². The van der Waals surface area contributed by atoms with E-state index in [-0.39, 0.29) is 11.8 Å². The van der Waals surface area contributed by atoms with Crippen LogP contribution < -0.4 is 0 Å². The molecule has 0 saturated carbocycles. The highest BCUT2D eigenvalue weighted by molar-refractivity contribution is 5.38. The van der Waals surface area contributed by atoms with Crippen molar-refractivity contribution in [2.24, 2.45) is 5.92 Å². The maximum Gasteiger partial charge on any atom is 0.0967 e. The van der Waals surface area contributed by atoms with Crippen LogP contribution in [0.3, 0.4) is 0 Å². The predicted octanol–water partition coefficient (Wildman–Crippen LogP) is 5.68. The van der Waals surface area contributed by atoms with Crippen LogP contribution in [0, 0.1) is 12.8 Å². The first-order valence-corrected chi connectivity index (χ1v) is 9.19. The molecule has 0 saturated heterocycles. The highest BCUT2D eigenvalue weighted by Crippen LogP contribution is 2.49. The van der Waals surface area contributed by atoms with Gasteiger partial charge in [0.15, 0.2) is 0 Å². The first-order valence-electron chi connectivity index (χ1n) is 9.19. The summed E-state index contributed by atoms with van der Waals surface area (Å²) in [4.78, 5) is 0. The molecule has 2 aromatic carbocycles. The predicted molar refractivity (Wildman–Crippen MR) is 106 cm³/mol. The number of allylic oxidation sites excluding steroid dienone is 1. The van der Waals surface area contributed by atoms with Gasteiger partial charge in [0.1, 0.15) is 0 Å². The van der Waals surface area contributed by atoms with Crippen LogP contribution in [0.5, 0.6) is 0 Å². The summed E-state index contributed by atoms with van der Waals surface area (Å²) in [5.41, 5.74) is 4.03. The van der Waals surface area contributed by atoms with Crippen molar-refractivity contribution >= 4 is 0 Å². The van der Waals surface area contributed by atoms with E-state index in [9.17, 15) is 5.11 Å². The van der Waals surface area contributed by atoms with E-state index < -0.39 is 5.60 Å². The fraction of sp³-hybridized carbons (Fsp3) is 0.333. The van der Waals surface area contributed by atoms with Gasteiger partial charge in [-0.15, -0.1) is 13.2 Å². The molecule has 0 radical (unpaired) electrons. The SMILES string of the molecule is C=CC[C@@H](c1ccc(C)cc1)[C@@H]1CCc2ccccc2[C@@]1(O)CC=C. The van der Waals surface area contributed by atoms with Crippen molar-refractivity contribution in [2.75, 3.05) is 0 Å². The lowest BCUT2D eigenvalue weighted by Gasteiger charge is -2.45. The summed E-state index contributed by atoms with van der Waals surface area (Å²) in [6.45, 7) is 10.00. The molecule has 0 unspecified atom stereocenters. The maximum atomic E-state index is 11.8. The van der Waals surface area contributed by atoms with E-state index in [1.807, 2.05) is 18.2 Å². The Morgan fingerprint density at radius 1 is 1.12 bits per heavy atom. The van der Waals surface area contributed by atoms with Crippen molar-refractivity contribution in [1.82, 2.24) is 0 Å². The number of fused-ring (bicyclic) bond motifs is 1. The quantitative estimate of drug-likeness (QED) is 0.675. The van der Waals surface area contributed by atoms with Gasteiger partial charge in [-0.3, -0.25) is 0 Å². The van der Waals surface area contributed by atoms with Crippen LogP contribution in [-0.2, 0) is 12.0 Å². The average Bonchev–Trinajstić information content (AvgIpc) is 2.62. The third-order valence-electron chi connectivity index (χ3n) is 5.69. The van der Waals surface area contributed by atoms with E-state index in [1.54, 1.807) is 0 Å². The number of rotatable bonds is 6. The molecular weight excluding hydrogens is 304 g/mol. The third kappa shape index (κ3) is 3.34. The molecule has 130 valence electrons. The minimum atomic E-state index is -0.866. The number of aryl methyl sites for hydroxylation is 2. The highest BCUT2D eigenvalue weighted by atomic mass is 16.3. The molecule has 0 aromatic heterocycles. The zero-order chi connectivity index (χ0) is 17.9. The number of aliphatic hydroxyl groups is 1. The fourth-order valence-electron chi connectivity index (χ4n) is 4.45. The second-order valence-electron chi connectivity index (χ2n) is 7.26. The molecule has 0 amide bonds. The minimum absolute atomic E-state index is 0.154. The van der Waals surface area contributed by atoms with Gasteiger partial charge in [0.25, 0.3) is 0 Å². The molecule has 0 heterocycles. The van der Waals surface area contributed by atoms with E-state index >= 15 is 0 Å². The average molecular weight is 332 g/mol. The Morgan fingerprint density at radius 3 is 2.52 bits per heavy atom. The molecule has 3 atom stereocenters. The van der Waals surface area contributed by atoms with Gasteiger partial charge in [0, 0.05) is 0 Å². The molecule has 0 bridgehead atoms. The second kappa shape index (κ2) is 7.41. The molecule has 1 nitrogen and oxygen atoms in total. The van der Waals surface area contributed by atoms with Crippen LogP contribution in [0.4, 0.5) is 0 Å².